The van der Waals surface area contributed by atoms with Gasteiger partial charge in [-0.15, -0.1) is 0 Å². The highest BCUT2D eigenvalue weighted by Gasteiger charge is 2.28. The number of ether oxygens (including phenoxy) is 6. The van der Waals surface area contributed by atoms with Gasteiger partial charge in [0, 0.05) is 11.6 Å². The number of rotatable bonds is 8. The third-order valence-corrected chi connectivity index (χ3v) is 5.23. The molecule has 0 saturated carbocycles. The van der Waals surface area contributed by atoms with Crippen LogP contribution in [0.25, 0.3) is 6.08 Å². The Hall–Kier alpha value is -4.13. The number of fused-ring (bicyclic) bond motifs is 1. The fourth-order valence-corrected chi connectivity index (χ4v) is 3.52. The first-order valence-electron chi connectivity index (χ1n) is 10.2. The van der Waals surface area contributed by atoms with E-state index in [1.807, 2.05) is 24.3 Å². The lowest BCUT2D eigenvalue weighted by Gasteiger charge is -2.14. The van der Waals surface area contributed by atoms with Crippen LogP contribution in [0.2, 0.25) is 0 Å². The van der Waals surface area contributed by atoms with Crippen molar-refractivity contribution >= 4 is 11.9 Å². The Morgan fingerprint density at radius 1 is 0.788 bits per heavy atom. The summed E-state index contributed by atoms with van der Waals surface area (Å²) in [6.07, 6.45) is 1.63. The molecule has 1 aliphatic rings. The lowest BCUT2D eigenvalue weighted by atomic mass is 10.1. The van der Waals surface area contributed by atoms with Crippen molar-refractivity contribution in [3.8, 4) is 34.5 Å². The van der Waals surface area contributed by atoms with Crippen LogP contribution in [0.1, 0.15) is 21.5 Å². The number of ketones is 1. The summed E-state index contributed by atoms with van der Waals surface area (Å²) in [5, 5.41) is 0. The van der Waals surface area contributed by atoms with Crippen molar-refractivity contribution in [1.29, 1.82) is 0 Å². The molecule has 4 rings (SSSR count). The molecule has 170 valence electrons. The molecule has 0 N–H and O–H groups in total. The number of Topliss-reactive ketones (excluding diaryl/α,β-unsaturated/α-hetero) is 1. The van der Waals surface area contributed by atoms with Crippen LogP contribution in [-0.4, -0.2) is 34.2 Å². The van der Waals surface area contributed by atoms with Crippen LogP contribution in [-0.2, 0) is 6.61 Å². The van der Waals surface area contributed by atoms with E-state index < -0.39 is 0 Å². The average molecular weight is 448 g/mol. The first-order valence-corrected chi connectivity index (χ1v) is 10.2. The van der Waals surface area contributed by atoms with E-state index in [0.29, 0.717) is 46.5 Å². The normalized spacial score (nSPS) is 13.3. The number of allylic oxidation sites excluding steroid dienone is 1. The van der Waals surface area contributed by atoms with Crippen molar-refractivity contribution in [3.05, 3.63) is 77.0 Å². The molecule has 0 aliphatic carbocycles. The topological polar surface area (TPSA) is 72.5 Å². The van der Waals surface area contributed by atoms with Crippen LogP contribution in [0.4, 0.5) is 0 Å². The molecule has 0 unspecified atom stereocenters. The summed E-state index contributed by atoms with van der Waals surface area (Å²) in [6, 6.07) is 16.3. The smallest absolute Gasteiger partial charge is 0.231 e. The molecular formula is C26H24O7. The number of carbonyl (C=O) groups is 1. The summed E-state index contributed by atoms with van der Waals surface area (Å²) in [5.41, 5.74) is 2.09. The van der Waals surface area contributed by atoms with Crippen molar-refractivity contribution in [2.45, 2.75) is 6.61 Å². The minimum atomic E-state index is -0.219. The summed E-state index contributed by atoms with van der Waals surface area (Å²) in [6.45, 7) is 0.377. The first-order chi connectivity index (χ1) is 16.1. The maximum atomic E-state index is 12.9. The SMILES string of the molecule is COc1ccc(COc2ccc3c(c2)O/C(=C\c2ccc(OC)c(OC)c2OC)C3=O)cc1. The van der Waals surface area contributed by atoms with Gasteiger partial charge >= 0.3 is 0 Å². The van der Waals surface area contributed by atoms with Gasteiger partial charge in [-0.2, -0.15) is 0 Å². The molecular weight excluding hydrogens is 424 g/mol. The minimum Gasteiger partial charge on any atom is -0.497 e. The third-order valence-electron chi connectivity index (χ3n) is 5.23. The Morgan fingerprint density at radius 2 is 1.52 bits per heavy atom. The lowest BCUT2D eigenvalue weighted by molar-refractivity contribution is 0.101. The van der Waals surface area contributed by atoms with Crippen molar-refractivity contribution in [3.63, 3.8) is 0 Å². The van der Waals surface area contributed by atoms with E-state index in [1.54, 1.807) is 50.6 Å². The molecule has 0 saturated heterocycles. The number of hydrogen-bond acceptors (Lipinski definition) is 7. The fourth-order valence-electron chi connectivity index (χ4n) is 3.52. The number of benzene rings is 3. The van der Waals surface area contributed by atoms with Gasteiger partial charge in [-0.05, 0) is 48.0 Å². The molecule has 0 fully saturated rings. The van der Waals surface area contributed by atoms with E-state index >= 15 is 0 Å². The molecule has 7 nitrogen and oxygen atoms in total. The first kappa shape index (κ1) is 22.1. The summed E-state index contributed by atoms with van der Waals surface area (Å²) >= 11 is 0. The van der Waals surface area contributed by atoms with Gasteiger partial charge < -0.3 is 28.4 Å². The van der Waals surface area contributed by atoms with E-state index in [1.165, 1.54) is 14.2 Å². The summed E-state index contributed by atoms with van der Waals surface area (Å²) in [5.74, 6) is 3.20. The summed E-state index contributed by atoms with van der Waals surface area (Å²) in [4.78, 5) is 12.9. The summed E-state index contributed by atoms with van der Waals surface area (Å²) in [7, 11) is 6.22. The minimum absolute atomic E-state index is 0.183. The molecule has 3 aromatic rings. The predicted molar refractivity (Wildman–Crippen MR) is 123 cm³/mol. The van der Waals surface area contributed by atoms with E-state index in [2.05, 4.69) is 0 Å². The lowest BCUT2D eigenvalue weighted by Crippen LogP contribution is -2.00. The van der Waals surface area contributed by atoms with Crippen LogP contribution in [0, 0.1) is 0 Å². The highest BCUT2D eigenvalue weighted by molar-refractivity contribution is 6.14. The molecule has 1 aliphatic heterocycles. The highest BCUT2D eigenvalue weighted by atomic mass is 16.5. The van der Waals surface area contributed by atoms with Gasteiger partial charge in [0.05, 0.1) is 34.0 Å². The quantitative estimate of drug-likeness (QED) is 0.453. The Morgan fingerprint density at radius 3 is 2.18 bits per heavy atom. The van der Waals surface area contributed by atoms with Gasteiger partial charge in [0.15, 0.2) is 17.3 Å². The second-order valence-corrected chi connectivity index (χ2v) is 7.16. The van der Waals surface area contributed by atoms with E-state index in [0.717, 1.165) is 11.3 Å². The van der Waals surface area contributed by atoms with Crippen molar-refractivity contribution in [1.82, 2.24) is 0 Å². The van der Waals surface area contributed by atoms with Crippen LogP contribution in [0.3, 0.4) is 0 Å². The molecule has 3 aromatic carbocycles. The third kappa shape index (κ3) is 4.43. The van der Waals surface area contributed by atoms with Gasteiger partial charge in [-0.1, -0.05) is 12.1 Å². The Balaban J connectivity index is 1.54. The molecule has 0 amide bonds. The maximum absolute atomic E-state index is 12.9. The maximum Gasteiger partial charge on any atom is 0.231 e. The predicted octanol–water partition coefficient (Wildman–Crippen LogP) is 4.92. The van der Waals surface area contributed by atoms with Crippen molar-refractivity contribution in [2.24, 2.45) is 0 Å². The highest BCUT2D eigenvalue weighted by Crippen LogP contribution is 2.42. The Bertz CT molecular complexity index is 1200. The standard InChI is InChI=1S/C26H24O7/c1-28-18-8-5-16(6-9-18)15-32-19-10-11-20-22(14-19)33-23(24(20)27)13-17-7-12-21(29-2)26(31-4)25(17)30-3/h5-14H,15H2,1-4H3/b23-13-. The fraction of sp³-hybridized carbons (Fsp3) is 0.192. The second-order valence-electron chi connectivity index (χ2n) is 7.16. The van der Waals surface area contributed by atoms with Crippen LogP contribution < -0.4 is 28.4 Å². The van der Waals surface area contributed by atoms with Crippen molar-refractivity contribution in [2.75, 3.05) is 28.4 Å². The molecule has 0 atom stereocenters. The van der Waals surface area contributed by atoms with Crippen molar-refractivity contribution < 1.29 is 33.2 Å². The molecule has 0 aromatic heterocycles. The van der Waals surface area contributed by atoms with E-state index in [-0.39, 0.29) is 11.5 Å². The second kappa shape index (κ2) is 9.56. The van der Waals surface area contributed by atoms with E-state index in [9.17, 15) is 4.79 Å². The summed E-state index contributed by atoms with van der Waals surface area (Å²) < 4.78 is 33.1. The van der Waals surface area contributed by atoms with Gasteiger partial charge in [0.2, 0.25) is 11.5 Å². The average Bonchev–Trinajstić information content (AvgIpc) is 3.16. The largest absolute Gasteiger partial charge is 0.497 e. The molecule has 1 heterocycles. The van der Waals surface area contributed by atoms with Gasteiger partial charge in [-0.25, -0.2) is 0 Å². The Kier molecular flexibility index (Phi) is 6.40. The Labute approximate surface area is 192 Å². The molecule has 0 spiro atoms. The van der Waals surface area contributed by atoms with Gasteiger partial charge in [0.1, 0.15) is 23.9 Å². The van der Waals surface area contributed by atoms with Crippen LogP contribution in [0.5, 0.6) is 34.5 Å². The van der Waals surface area contributed by atoms with Crippen LogP contribution in [0.15, 0.2) is 60.4 Å². The molecule has 0 radical (unpaired) electrons. The van der Waals surface area contributed by atoms with Gasteiger partial charge in [0.25, 0.3) is 0 Å². The molecule has 33 heavy (non-hydrogen) atoms. The zero-order chi connectivity index (χ0) is 23.4. The zero-order valence-corrected chi connectivity index (χ0v) is 18.8. The molecule has 0 bridgehead atoms. The number of methoxy groups -OCH3 is 4. The van der Waals surface area contributed by atoms with Gasteiger partial charge in [-0.3, -0.25) is 4.79 Å². The number of hydrogen-bond donors (Lipinski definition) is 0. The molecule has 7 heteroatoms. The zero-order valence-electron chi connectivity index (χ0n) is 18.8. The van der Waals surface area contributed by atoms with E-state index in [4.69, 9.17) is 28.4 Å². The monoisotopic (exact) mass is 448 g/mol. The number of carbonyl (C=O) groups excluding carboxylic acids is 1. The van der Waals surface area contributed by atoms with Crippen LogP contribution >= 0.6 is 0 Å².